The van der Waals surface area contributed by atoms with Crippen LogP contribution in [0.2, 0.25) is 0 Å². The lowest BCUT2D eigenvalue weighted by Crippen LogP contribution is -2.24. The maximum absolute atomic E-state index is 5.33. The monoisotopic (exact) mass is 300 g/mol. The second-order valence-corrected chi connectivity index (χ2v) is 5.74. The second kappa shape index (κ2) is 5.84. The van der Waals surface area contributed by atoms with Gasteiger partial charge in [0.05, 0.1) is 12.1 Å². The number of aromatic nitrogens is 5. The van der Waals surface area contributed by atoms with Gasteiger partial charge in [0.25, 0.3) is 0 Å². The van der Waals surface area contributed by atoms with Crippen LogP contribution in [0.1, 0.15) is 63.2 Å². The smallest absolute Gasteiger partial charge is 0.243 e. The van der Waals surface area contributed by atoms with Crippen molar-refractivity contribution in [3.63, 3.8) is 0 Å². The second-order valence-electron chi connectivity index (χ2n) is 5.74. The van der Waals surface area contributed by atoms with Crippen LogP contribution in [0.15, 0.2) is 28.9 Å². The molecule has 0 aliphatic heterocycles. The van der Waals surface area contributed by atoms with Crippen LogP contribution in [0, 0.1) is 0 Å². The van der Waals surface area contributed by atoms with Gasteiger partial charge in [-0.05, 0) is 26.0 Å². The molecule has 3 aromatic heterocycles. The van der Waals surface area contributed by atoms with Crippen LogP contribution in [-0.2, 0) is 0 Å². The SMILES string of the molecule is CC(C)c1noc([C@H](C)N[C@H](C)c2nnc3ccccn23)n1. The summed E-state index contributed by atoms with van der Waals surface area (Å²) in [6, 6.07) is 5.77. The number of pyridine rings is 1. The van der Waals surface area contributed by atoms with Crippen LogP contribution in [-0.4, -0.2) is 24.7 Å². The van der Waals surface area contributed by atoms with Crippen LogP contribution in [0.4, 0.5) is 0 Å². The first-order valence-corrected chi connectivity index (χ1v) is 7.45. The number of fused-ring (bicyclic) bond motifs is 1. The Morgan fingerprint density at radius 3 is 2.64 bits per heavy atom. The van der Waals surface area contributed by atoms with E-state index in [1.807, 2.05) is 56.5 Å². The molecule has 0 amide bonds. The number of rotatable bonds is 5. The minimum absolute atomic E-state index is 0.00167. The maximum Gasteiger partial charge on any atom is 0.243 e. The largest absolute Gasteiger partial charge is 0.338 e. The highest BCUT2D eigenvalue weighted by molar-refractivity contribution is 5.37. The maximum atomic E-state index is 5.33. The van der Waals surface area contributed by atoms with Gasteiger partial charge in [-0.2, -0.15) is 4.98 Å². The third-order valence-corrected chi connectivity index (χ3v) is 3.57. The summed E-state index contributed by atoms with van der Waals surface area (Å²) in [5.74, 6) is 2.42. The molecular weight excluding hydrogens is 280 g/mol. The first-order valence-electron chi connectivity index (χ1n) is 7.45. The first kappa shape index (κ1) is 14.6. The van der Waals surface area contributed by atoms with E-state index < -0.39 is 0 Å². The van der Waals surface area contributed by atoms with Gasteiger partial charge in [-0.15, -0.1) is 10.2 Å². The van der Waals surface area contributed by atoms with E-state index >= 15 is 0 Å². The van der Waals surface area contributed by atoms with Gasteiger partial charge < -0.3 is 4.52 Å². The lowest BCUT2D eigenvalue weighted by molar-refractivity contribution is 0.322. The molecule has 0 aromatic carbocycles. The summed E-state index contributed by atoms with van der Waals surface area (Å²) in [6.07, 6.45) is 1.96. The van der Waals surface area contributed by atoms with Gasteiger partial charge >= 0.3 is 0 Å². The molecule has 116 valence electrons. The van der Waals surface area contributed by atoms with E-state index in [-0.39, 0.29) is 18.0 Å². The molecule has 0 aliphatic rings. The number of nitrogens with zero attached hydrogens (tertiary/aromatic N) is 5. The average molecular weight is 300 g/mol. The van der Waals surface area contributed by atoms with Crippen LogP contribution < -0.4 is 5.32 Å². The fourth-order valence-electron chi connectivity index (χ4n) is 2.33. The summed E-state index contributed by atoms with van der Waals surface area (Å²) >= 11 is 0. The van der Waals surface area contributed by atoms with E-state index in [0.29, 0.717) is 5.89 Å². The molecule has 22 heavy (non-hydrogen) atoms. The Labute approximate surface area is 128 Å². The molecule has 3 rings (SSSR count). The van der Waals surface area contributed by atoms with Crippen LogP contribution >= 0.6 is 0 Å². The van der Waals surface area contributed by atoms with Crippen molar-refractivity contribution in [3.8, 4) is 0 Å². The van der Waals surface area contributed by atoms with Gasteiger partial charge in [-0.25, -0.2) is 0 Å². The molecule has 0 radical (unpaired) electrons. The van der Waals surface area contributed by atoms with E-state index in [4.69, 9.17) is 4.52 Å². The molecule has 7 heteroatoms. The van der Waals surface area contributed by atoms with Crippen LogP contribution in [0.3, 0.4) is 0 Å². The highest BCUT2D eigenvalue weighted by Gasteiger charge is 2.20. The predicted molar refractivity (Wildman–Crippen MR) is 81.3 cm³/mol. The van der Waals surface area contributed by atoms with Gasteiger partial charge in [0.2, 0.25) is 5.89 Å². The quantitative estimate of drug-likeness (QED) is 0.780. The summed E-state index contributed by atoms with van der Waals surface area (Å²) in [5.41, 5.74) is 0.832. The normalized spacial score (nSPS) is 14.6. The molecule has 1 N–H and O–H groups in total. The highest BCUT2D eigenvalue weighted by atomic mass is 16.5. The van der Waals surface area contributed by atoms with E-state index in [1.54, 1.807) is 0 Å². The average Bonchev–Trinajstić information content (AvgIpc) is 3.14. The summed E-state index contributed by atoms with van der Waals surface area (Å²) in [5, 5.41) is 15.8. The Hall–Kier alpha value is -2.28. The molecule has 2 atom stereocenters. The lowest BCUT2D eigenvalue weighted by atomic mass is 10.2. The Morgan fingerprint density at radius 2 is 1.91 bits per heavy atom. The lowest BCUT2D eigenvalue weighted by Gasteiger charge is -2.15. The van der Waals surface area contributed by atoms with E-state index in [2.05, 4.69) is 25.7 Å². The molecule has 0 aliphatic carbocycles. The van der Waals surface area contributed by atoms with Crippen molar-refractivity contribution < 1.29 is 4.52 Å². The van der Waals surface area contributed by atoms with Gasteiger partial charge in [0.1, 0.15) is 0 Å². The molecule has 0 bridgehead atoms. The molecule has 0 saturated heterocycles. The Bertz CT molecular complexity index is 762. The Kier molecular flexibility index (Phi) is 3.89. The molecule has 3 aromatic rings. The molecule has 0 unspecified atom stereocenters. The zero-order valence-corrected chi connectivity index (χ0v) is 13.2. The van der Waals surface area contributed by atoms with Crippen molar-refractivity contribution >= 4 is 5.65 Å². The van der Waals surface area contributed by atoms with Gasteiger partial charge in [0.15, 0.2) is 17.3 Å². The third kappa shape index (κ3) is 2.71. The van der Waals surface area contributed by atoms with Crippen molar-refractivity contribution in [2.45, 2.75) is 45.7 Å². The summed E-state index contributed by atoms with van der Waals surface area (Å²) in [7, 11) is 0. The minimum Gasteiger partial charge on any atom is -0.338 e. The van der Waals surface area contributed by atoms with Crippen LogP contribution in [0.25, 0.3) is 5.65 Å². The zero-order valence-electron chi connectivity index (χ0n) is 13.2. The molecule has 3 heterocycles. The number of hydrogen-bond donors (Lipinski definition) is 1. The van der Waals surface area contributed by atoms with E-state index in [1.165, 1.54) is 0 Å². The van der Waals surface area contributed by atoms with Crippen molar-refractivity contribution in [3.05, 3.63) is 41.9 Å². The molecule has 0 spiro atoms. The standard InChI is InChI=1S/C15H20N6O/c1-9(2)13-17-15(22-20-13)11(4)16-10(3)14-19-18-12-7-5-6-8-21(12)14/h5-11,16H,1-4H3/t10-,11+/m1/s1. The van der Waals surface area contributed by atoms with Gasteiger partial charge in [0, 0.05) is 12.1 Å². The molecular formula is C15H20N6O. The molecule has 0 saturated carbocycles. The van der Waals surface area contributed by atoms with Crippen molar-refractivity contribution in [2.75, 3.05) is 0 Å². The summed E-state index contributed by atoms with van der Waals surface area (Å²) < 4.78 is 7.30. The highest BCUT2D eigenvalue weighted by Crippen LogP contribution is 2.19. The molecule has 7 nitrogen and oxygen atoms in total. The third-order valence-electron chi connectivity index (χ3n) is 3.57. The van der Waals surface area contributed by atoms with Gasteiger partial charge in [-0.3, -0.25) is 9.72 Å². The number of nitrogens with one attached hydrogen (secondary N) is 1. The Balaban J connectivity index is 1.76. The Morgan fingerprint density at radius 1 is 1.09 bits per heavy atom. The van der Waals surface area contributed by atoms with E-state index in [9.17, 15) is 0 Å². The van der Waals surface area contributed by atoms with Crippen molar-refractivity contribution in [1.29, 1.82) is 0 Å². The van der Waals surface area contributed by atoms with E-state index in [0.717, 1.165) is 17.3 Å². The topological polar surface area (TPSA) is 81.1 Å². The first-order chi connectivity index (χ1) is 10.6. The number of hydrogen-bond acceptors (Lipinski definition) is 6. The van der Waals surface area contributed by atoms with Crippen molar-refractivity contribution in [1.82, 2.24) is 30.1 Å². The predicted octanol–water partition coefficient (Wildman–Crippen LogP) is 2.65. The summed E-state index contributed by atoms with van der Waals surface area (Å²) in [4.78, 5) is 4.42. The van der Waals surface area contributed by atoms with Crippen LogP contribution in [0.5, 0.6) is 0 Å². The van der Waals surface area contributed by atoms with Crippen molar-refractivity contribution in [2.24, 2.45) is 0 Å². The van der Waals surface area contributed by atoms with Gasteiger partial charge in [-0.1, -0.05) is 25.1 Å². The zero-order chi connectivity index (χ0) is 15.7. The summed E-state index contributed by atoms with van der Waals surface area (Å²) in [6.45, 7) is 8.12. The fourth-order valence-corrected chi connectivity index (χ4v) is 2.33. The fraction of sp³-hybridized carbons (Fsp3) is 0.467. The minimum atomic E-state index is -0.0638. The molecule has 0 fully saturated rings.